The van der Waals surface area contributed by atoms with Crippen molar-refractivity contribution in [1.29, 1.82) is 0 Å². The highest BCUT2D eigenvalue weighted by molar-refractivity contribution is 8.00. The van der Waals surface area contributed by atoms with Gasteiger partial charge in [0, 0.05) is 19.6 Å². The molecular weight excluding hydrogens is 394 g/mol. The van der Waals surface area contributed by atoms with Gasteiger partial charge in [0.25, 0.3) is 5.91 Å². The summed E-state index contributed by atoms with van der Waals surface area (Å²) >= 11 is 2.81. The van der Waals surface area contributed by atoms with Gasteiger partial charge < -0.3 is 14.2 Å². The standard InChI is InChI=1S/C20H27N3O3S2/c1-4-14-7-5-6-10-23(14)19(25)13-27-12-18(24)21-20-22(2)16-9-8-15(26-3)11-17(16)28-20/h8-9,11,14H,4-7,10,12-13H2,1-3H3. The molecule has 1 fully saturated rings. The molecule has 8 heteroatoms. The number of carbonyl (C=O) groups is 2. The molecule has 1 saturated heterocycles. The minimum absolute atomic E-state index is 0.142. The molecule has 0 spiro atoms. The third-order valence-corrected chi connectivity index (χ3v) is 7.10. The number of thioether (sulfide) groups is 1. The number of hydrogen-bond acceptors (Lipinski definition) is 5. The molecule has 0 aliphatic carbocycles. The summed E-state index contributed by atoms with van der Waals surface area (Å²) in [6.07, 6.45) is 4.37. The van der Waals surface area contributed by atoms with Gasteiger partial charge in [0.05, 0.1) is 28.8 Å². The zero-order valence-corrected chi connectivity index (χ0v) is 18.3. The van der Waals surface area contributed by atoms with Crippen LogP contribution >= 0.6 is 23.1 Å². The van der Waals surface area contributed by atoms with Gasteiger partial charge in [-0.15, -0.1) is 11.8 Å². The fraction of sp³-hybridized carbons (Fsp3) is 0.550. The number of likely N-dealkylation sites (tertiary alicyclic amines) is 1. The van der Waals surface area contributed by atoms with E-state index < -0.39 is 0 Å². The number of piperidine rings is 1. The summed E-state index contributed by atoms with van der Waals surface area (Å²) in [6, 6.07) is 6.16. The maximum atomic E-state index is 12.5. The largest absolute Gasteiger partial charge is 0.497 e. The second-order valence-corrected chi connectivity index (χ2v) is 8.92. The molecule has 6 nitrogen and oxygen atoms in total. The predicted molar refractivity (Wildman–Crippen MR) is 115 cm³/mol. The number of rotatable bonds is 6. The van der Waals surface area contributed by atoms with E-state index in [1.807, 2.05) is 34.7 Å². The van der Waals surface area contributed by atoms with Gasteiger partial charge in [-0.3, -0.25) is 9.59 Å². The van der Waals surface area contributed by atoms with E-state index in [9.17, 15) is 9.59 Å². The van der Waals surface area contributed by atoms with Crippen molar-refractivity contribution < 1.29 is 14.3 Å². The molecule has 2 aromatic rings. The Balaban J connectivity index is 1.60. The average molecular weight is 422 g/mol. The van der Waals surface area contributed by atoms with Crippen LogP contribution in [-0.4, -0.2) is 52.5 Å². The maximum absolute atomic E-state index is 12.5. The second kappa shape index (κ2) is 9.60. The number of fused-ring (bicyclic) bond motifs is 1. The Hall–Kier alpha value is -1.80. The third-order valence-electron chi connectivity index (χ3n) is 5.11. The summed E-state index contributed by atoms with van der Waals surface area (Å²) in [5.74, 6) is 1.27. The molecule has 1 atom stereocenters. The number of nitrogens with zero attached hydrogens (tertiary/aromatic N) is 3. The molecule has 2 amide bonds. The van der Waals surface area contributed by atoms with Crippen molar-refractivity contribution in [2.75, 3.05) is 25.2 Å². The van der Waals surface area contributed by atoms with Gasteiger partial charge in [0.1, 0.15) is 5.75 Å². The molecule has 0 saturated carbocycles. The fourth-order valence-corrected chi connectivity index (χ4v) is 5.29. The Morgan fingerprint density at radius 1 is 1.32 bits per heavy atom. The van der Waals surface area contributed by atoms with E-state index in [1.54, 1.807) is 7.11 Å². The number of benzene rings is 1. The lowest BCUT2D eigenvalue weighted by atomic mass is 10.0. The van der Waals surface area contributed by atoms with Crippen molar-refractivity contribution in [2.24, 2.45) is 12.0 Å². The van der Waals surface area contributed by atoms with Crippen molar-refractivity contribution in [3.8, 4) is 5.75 Å². The quantitative estimate of drug-likeness (QED) is 0.719. The molecule has 0 N–H and O–H groups in total. The van der Waals surface area contributed by atoms with Gasteiger partial charge in [-0.2, -0.15) is 4.99 Å². The average Bonchev–Trinajstić information content (AvgIpc) is 3.02. The Morgan fingerprint density at radius 2 is 2.14 bits per heavy atom. The molecule has 1 aromatic carbocycles. The highest BCUT2D eigenvalue weighted by atomic mass is 32.2. The first kappa shape index (κ1) is 20.9. The molecule has 1 aromatic heterocycles. The first-order valence-corrected chi connectivity index (χ1v) is 11.6. The lowest BCUT2D eigenvalue weighted by Crippen LogP contribution is -2.44. The lowest BCUT2D eigenvalue weighted by molar-refractivity contribution is -0.132. The van der Waals surface area contributed by atoms with Gasteiger partial charge >= 0.3 is 0 Å². The minimum Gasteiger partial charge on any atom is -0.497 e. The van der Waals surface area contributed by atoms with Gasteiger partial charge in [0.2, 0.25) is 5.91 Å². The smallest absolute Gasteiger partial charge is 0.258 e. The maximum Gasteiger partial charge on any atom is 0.258 e. The van der Waals surface area contributed by atoms with E-state index in [2.05, 4.69) is 11.9 Å². The first-order chi connectivity index (χ1) is 13.5. The minimum atomic E-state index is -0.211. The second-order valence-electron chi connectivity index (χ2n) is 6.92. The van der Waals surface area contributed by atoms with Crippen LogP contribution in [0.1, 0.15) is 32.6 Å². The highest BCUT2D eigenvalue weighted by Crippen LogP contribution is 2.23. The van der Waals surface area contributed by atoms with Crippen molar-refractivity contribution >= 4 is 45.1 Å². The predicted octanol–water partition coefficient (Wildman–Crippen LogP) is 3.20. The molecule has 28 heavy (non-hydrogen) atoms. The number of aryl methyl sites for hydroxylation is 1. The number of methoxy groups -OCH3 is 1. The lowest BCUT2D eigenvalue weighted by Gasteiger charge is -2.35. The van der Waals surface area contributed by atoms with Gasteiger partial charge in [-0.1, -0.05) is 18.3 Å². The van der Waals surface area contributed by atoms with Crippen molar-refractivity contribution in [3.63, 3.8) is 0 Å². The number of carbonyl (C=O) groups excluding carboxylic acids is 2. The first-order valence-electron chi connectivity index (χ1n) is 9.61. The monoisotopic (exact) mass is 421 g/mol. The van der Waals surface area contributed by atoms with Crippen molar-refractivity contribution in [3.05, 3.63) is 23.0 Å². The highest BCUT2D eigenvalue weighted by Gasteiger charge is 2.25. The van der Waals surface area contributed by atoms with Crippen molar-refractivity contribution in [2.45, 2.75) is 38.6 Å². The SMILES string of the molecule is CCC1CCCCN1C(=O)CSCC(=O)N=c1sc2cc(OC)ccc2n1C. The van der Waals surface area contributed by atoms with E-state index >= 15 is 0 Å². The summed E-state index contributed by atoms with van der Waals surface area (Å²) < 4.78 is 8.18. The molecule has 1 aliphatic heterocycles. The van der Waals surface area contributed by atoms with Crippen LogP contribution in [0, 0.1) is 0 Å². The van der Waals surface area contributed by atoms with Crippen LogP contribution < -0.4 is 9.54 Å². The molecule has 3 rings (SSSR count). The normalized spacial score (nSPS) is 17.9. The molecule has 1 unspecified atom stereocenters. The van der Waals surface area contributed by atoms with Crippen LogP contribution in [0.4, 0.5) is 0 Å². The molecular formula is C20H27N3O3S2. The molecule has 1 aliphatic rings. The molecule has 0 radical (unpaired) electrons. The van der Waals surface area contributed by atoms with Gasteiger partial charge in [-0.05, 0) is 43.9 Å². The summed E-state index contributed by atoms with van der Waals surface area (Å²) in [6.45, 7) is 2.98. The van der Waals surface area contributed by atoms with Crippen LogP contribution in [0.2, 0.25) is 0 Å². The van der Waals surface area contributed by atoms with Crippen molar-refractivity contribution in [1.82, 2.24) is 9.47 Å². The Labute approximate surface area is 173 Å². The Morgan fingerprint density at radius 3 is 2.89 bits per heavy atom. The zero-order chi connectivity index (χ0) is 20.1. The Bertz CT molecular complexity index is 919. The third kappa shape index (κ3) is 4.78. The van der Waals surface area contributed by atoms with E-state index in [4.69, 9.17) is 4.74 Å². The molecule has 152 valence electrons. The van der Waals surface area contributed by atoms with Gasteiger partial charge in [0.15, 0.2) is 4.80 Å². The number of ether oxygens (including phenoxy) is 1. The number of aromatic nitrogens is 1. The summed E-state index contributed by atoms with van der Waals surface area (Å²) in [4.78, 5) is 31.7. The summed E-state index contributed by atoms with van der Waals surface area (Å²) in [5, 5.41) is 0. The van der Waals surface area contributed by atoms with Crippen LogP contribution in [0.15, 0.2) is 23.2 Å². The van der Waals surface area contributed by atoms with Crippen LogP contribution in [0.25, 0.3) is 10.2 Å². The van der Waals surface area contributed by atoms with E-state index in [0.717, 1.165) is 41.8 Å². The van der Waals surface area contributed by atoms with E-state index in [0.29, 0.717) is 16.6 Å². The number of hydrogen-bond donors (Lipinski definition) is 0. The van der Waals surface area contributed by atoms with Crippen LogP contribution in [0.5, 0.6) is 5.75 Å². The number of amides is 2. The molecule has 0 bridgehead atoms. The summed E-state index contributed by atoms with van der Waals surface area (Å²) in [7, 11) is 3.53. The van der Waals surface area contributed by atoms with E-state index in [-0.39, 0.29) is 17.6 Å². The van der Waals surface area contributed by atoms with E-state index in [1.165, 1.54) is 29.5 Å². The molecule has 2 heterocycles. The van der Waals surface area contributed by atoms with Gasteiger partial charge in [-0.25, -0.2) is 0 Å². The fourth-order valence-electron chi connectivity index (χ4n) is 3.55. The zero-order valence-electron chi connectivity index (χ0n) is 16.6. The summed E-state index contributed by atoms with van der Waals surface area (Å²) in [5.41, 5.74) is 1.01. The Kier molecular flexibility index (Phi) is 7.18. The van der Waals surface area contributed by atoms with Crippen LogP contribution in [-0.2, 0) is 16.6 Å². The topological polar surface area (TPSA) is 63.9 Å². The van der Waals surface area contributed by atoms with Crippen LogP contribution in [0.3, 0.4) is 0 Å². The number of thiazole rings is 1.